The lowest BCUT2D eigenvalue weighted by molar-refractivity contribution is -0.191. The average molecular weight is 516 g/mol. The summed E-state index contributed by atoms with van der Waals surface area (Å²) in [5.74, 6) is -2.62. The molecule has 2 saturated carbocycles. The summed E-state index contributed by atoms with van der Waals surface area (Å²) >= 11 is 0. The first-order valence-corrected chi connectivity index (χ1v) is 13.1. The standard InChI is InChI=1S/C28H37NO8/c1-7-17-19(18(8-2)37-29-17)24(33)36-23-13(3)10-26-14(4)11-27(34)20(25(27,5)6)16(22(26)32)9-15(12-30)21(31)28(23,26)35/h9-10,14,16,20-21,23,30-31,34-35H,7-8,11-12H2,1-6H3/t14?,16-,20+,21+,23-,26?,27-,28-/m0/s1. The molecule has 8 atom stereocenters. The van der Waals surface area contributed by atoms with Crippen LogP contribution >= 0.6 is 0 Å². The zero-order valence-electron chi connectivity index (χ0n) is 22.2. The Kier molecular flexibility index (Phi) is 5.74. The smallest absolute Gasteiger partial charge is 0.344 e. The molecule has 9 heteroatoms. The van der Waals surface area contributed by atoms with Crippen LogP contribution in [0.4, 0.5) is 0 Å². The van der Waals surface area contributed by atoms with Gasteiger partial charge in [-0.1, -0.05) is 51.9 Å². The molecule has 4 N–H and O–H groups in total. The Morgan fingerprint density at radius 3 is 2.51 bits per heavy atom. The van der Waals surface area contributed by atoms with E-state index in [2.05, 4.69) is 5.16 Å². The number of esters is 1. The number of carbonyl (C=O) groups is 2. The number of hydrogen-bond acceptors (Lipinski definition) is 9. The van der Waals surface area contributed by atoms with Crippen molar-refractivity contribution in [2.24, 2.45) is 28.6 Å². The Labute approximate surface area is 216 Å². The molecule has 0 aromatic carbocycles. The van der Waals surface area contributed by atoms with Gasteiger partial charge in [-0.15, -0.1) is 0 Å². The molecule has 9 nitrogen and oxygen atoms in total. The molecule has 5 rings (SSSR count). The maximum atomic E-state index is 14.4. The van der Waals surface area contributed by atoms with Gasteiger partial charge in [0.15, 0.2) is 23.2 Å². The van der Waals surface area contributed by atoms with Crippen LogP contribution in [0.3, 0.4) is 0 Å². The van der Waals surface area contributed by atoms with Crippen LogP contribution in [0.15, 0.2) is 27.8 Å². The third kappa shape index (κ3) is 2.97. The molecule has 0 amide bonds. The number of allylic oxidation sites excluding steroid dienone is 1. The van der Waals surface area contributed by atoms with E-state index in [9.17, 15) is 30.0 Å². The summed E-state index contributed by atoms with van der Waals surface area (Å²) in [6.45, 7) is 10.3. The number of Topliss-reactive ketones (excluding diaryl/α,β-unsaturated/α-hetero) is 1. The van der Waals surface area contributed by atoms with Gasteiger partial charge < -0.3 is 29.7 Å². The minimum Gasteiger partial charge on any atom is -0.451 e. The van der Waals surface area contributed by atoms with E-state index in [0.717, 1.165) is 0 Å². The molecule has 0 radical (unpaired) electrons. The monoisotopic (exact) mass is 515 g/mol. The minimum absolute atomic E-state index is 0.0690. The molecule has 37 heavy (non-hydrogen) atoms. The van der Waals surface area contributed by atoms with Crippen LogP contribution < -0.4 is 0 Å². The summed E-state index contributed by atoms with van der Waals surface area (Å²) in [7, 11) is 0. The van der Waals surface area contributed by atoms with E-state index >= 15 is 0 Å². The van der Waals surface area contributed by atoms with Crippen molar-refractivity contribution in [1.82, 2.24) is 5.16 Å². The molecule has 202 valence electrons. The number of aromatic nitrogens is 1. The quantitative estimate of drug-likeness (QED) is 0.341. The summed E-state index contributed by atoms with van der Waals surface area (Å²) < 4.78 is 11.2. The minimum atomic E-state index is -2.29. The van der Waals surface area contributed by atoms with E-state index < -0.39 is 64.6 Å². The molecule has 0 saturated heterocycles. The second-order valence-electron chi connectivity index (χ2n) is 11.9. The van der Waals surface area contributed by atoms with Gasteiger partial charge >= 0.3 is 5.97 Å². The van der Waals surface area contributed by atoms with Crippen molar-refractivity contribution in [3.05, 3.63) is 40.3 Å². The van der Waals surface area contributed by atoms with Crippen molar-refractivity contribution in [3.8, 4) is 0 Å². The second kappa shape index (κ2) is 8.09. The van der Waals surface area contributed by atoms with Crippen LogP contribution in [-0.4, -0.2) is 67.4 Å². The summed E-state index contributed by atoms with van der Waals surface area (Å²) in [6.07, 6.45) is 1.12. The van der Waals surface area contributed by atoms with E-state index in [-0.39, 0.29) is 23.3 Å². The third-order valence-electron chi connectivity index (χ3n) is 9.98. The Morgan fingerprint density at radius 2 is 1.92 bits per heavy atom. The molecular weight excluding hydrogens is 478 g/mol. The molecule has 1 heterocycles. The van der Waals surface area contributed by atoms with E-state index in [1.807, 2.05) is 27.7 Å². The molecule has 4 aliphatic rings. The van der Waals surface area contributed by atoms with Gasteiger partial charge in [0.25, 0.3) is 0 Å². The highest BCUT2D eigenvalue weighted by atomic mass is 16.6. The number of aliphatic hydroxyl groups excluding tert-OH is 2. The molecule has 2 fully saturated rings. The zero-order valence-corrected chi connectivity index (χ0v) is 22.2. The number of aliphatic hydroxyl groups is 4. The van der Waals surface area contributed by atoms with Crippen molar-refractivity contribution in [2.45, 2.75) is 84.2 Å². The molecule has 4 aliphatic carbocycles. The van der Waals surface area contributed by atoms with Crippen LogP contribution in [0.25, 0.3) is 0 Å². The van der Waals surface area contributed by atoms with Gasteiger partial charge in [-0.25, -0.2) is 4.79 Å². The molecule has 0 aliphatic heterocycles. The average Bonchev–Trinajstić information content (AvgIpc) is 3.13. The summed E-state index contributed by atoms with van der Waals surface area (Å²) in [5, 5.41) is 49.9. The Hall–Kier alpha value is -2.33. The van der Waals surface area contributed by atoms with Gasteiger partial charge in [0, 0.05) is 23.7 Å². The third-order valence-corrected chi connectivity index (χ3v) is 9.98. The van der Waals surface area contributed by atoms with Crippen molar-refractivity contribution in [2.75, 3.05) is 6.61 Å². The van der Waals surface area contributed by atoms with E-state index in [1.165, 1.54) is 6.08 Å². The van der Waals surface area contributed by atoms with E-state index in [1.54, 1.807) is 19.9 Å². The van der Waals surface area contributed by atoms with Crippen LogP contribution in [0.1, 0.15) is 69.8 Å². The lowest BCUT2D eigenvalue weighted by atomic mass is 9.59. The lowest BCUT2D eigenvalue weighted by Gasteiger charge is -2.49. The lowest BCUT2D eigenvalue weighted by Crippen LogP contribution is -2.66. The normalized spacial score (nSPS) is 41.7. The Morgan fingerprint density at radius 1 is 1.24 bits per heavy atom. The maximum absolute atomic E-state index is 14.4. The van der Waals surface area contributed by atoms with Crippen LogP contribution in [0.2, 0.25) is 0 Å². The highest BCUT2D eigenvalue weighted by molar-refractivity contribution is 5.96. The maximum Gasteiger partial charge on any atom is 0.344 e. The number of ether oxygens (including phenoxy) is 1. The number of rotatable bonds is 5. The molecule has 2 bridgehead atoms. The molecule has 1 aromatic heterocycles. The number of nitrogens with zero attached hydrogens (tertiary/aromatic N) is 1. The molecule has 1 spiro atoms. The first-order chi connectivity index (χ1) is 17.3. The molecule has 1 aromatic rings. The molecule has 2 unspecified atom stereocenters. The largest absolute Gasteiger partial charge is 0.451 e. The van der Waals surface area contributed by atoms with E-state index in [4.69, 9.17) is 9.26 Å². The van der Waals surface area contributed by atoms with Gasteiger partial charge in [-0.05, 0) is 36.8 Å². The highest BCUT2D eigenvalue weighted by Crippen LogP contribution is 2.73. The first-order valence-electron chi connectivity index (χ1n) is 13.1. The Bertz CT molecular complexity index is 1210. The fourth-order valence-electron chi connectivity index (χ4n) is 7.94. The van der Waals surface area contributed by atoms with Crippen LogP contribution in [-0.2, 0) is 22.4 Å². The van der Waals surface area contributed by atoms with Crippen molar-refractivity contribution in [1.29, 1.82) is 0 Å². The van der Waals surface area contributed by atoms with Gasteiger partial charge in [0.05, 0.1) is 23.3 Å². The number of fused-ring (bicyclic) bond motifs is 3. The van der Waals surface area contributed by atoms with Crippen molar-refractivity contribution >= 4 is 11.8 Å². The van der Waals surface area contributed by atoms with Gasteiger partial charge in [0.1, 0.15) is 11.7 Å². The number of ketones is 1. The predicted molar refractivity (Wildman–Crippen MR) is 131 cm³/mol. The predicted octanol–water partition coefficient (Wildman–Crippen LogP) is 1.91. The first kappa shape index (κ1) is 26.3. The summed E-state index contributed by atoms with van der Waals surface area (Å²) in [6, 6.07) is 0. The highest BCUT2D eigenvalue weighted by Gasteiger charge is 2.81. The molecular formula is C28H37NO8. The zero-order chi connectivity index (χ0) is 27.3. The number of aryl methyl sites for hydroxylation is 2. The summed E-state index contributed by atoms with van der Waals surface area (Å²) in [5.41, 5.74) is -4.56. The van der Waals surface area contributed by atoms with Gasteiger partial charge in [-0.3, -0.25) is 4.79 Å². The Balaban J connectivity index is 1.65. The van der Waals surface area contributed by atoms with Crippen molar-refractivity contribution < 1.29 is 39.3 Å². The van der Waals surface area contributed by atoms with Crippen molar-refractivity contribution in [3.63, 3.8) is 0 Å². The van der Waals surface area contributed by atoms with Gasteiger partial charge in [0.2, 0.25) is 0 Å². The fraction of sp³-hybridized carbons (Fsp3) is 0.679. The SMILES string of the molecule is CCc1noc(CC)c1C(=O)O[C@H]1C(C)=CC23C(=O)[C@@H](C=C(CO)[C@@H](O)[C@]12O)[C@@H]1C(C)(C)[C@]1(O)CC3C. The van der Waals surface area contributed by atoms with Crippen LogP contribution in [0, 0.1) is 28.6 Å². The second-order valence-corrected chi connectivity index (χ2v) is 11.9. The fourth-order valence-corrected chi connectivity index (χ4v) is 7.94. The van der Waals surface area contributed by atoms with Crippen LogP contribution in [0.5, 0.6) is 0 Å². The number of carbonyl (C=O) groups excluding carboxylic acids is 2. The topological polar surface area (TPSA) is 150 Å². The number of hydrogen-bond donors (Lipinski definition) is 4. The summed E-state index contributed by atoms with van der Waals surface area (Å²) in [4.78, 5) is 27.9. The van der Waals surface area contributed by atoms with Gasteiger partial charge in [-0.2, -0.15) is 0 Å². The van der Waals surface area contributed by atoms with E-state index in [0.29, 0.717) is 29.9 Å².